The summed E-state index contributed by atoms with van der Waals surface area (Å²) in [4.78, 5) is 21.1. The molecule has 2 aromatic carbocycles. The van der Waals surface area contributed by atoms with E-state index in [0.29, 0.717) is 42.6 Å². The number of anilines is 1. The molecule has 0 aliphatic rings. The Bertz CT molecular complexity index is 1180. The number of carbonyl (C=O) groups is 1. The number of nitrogens with one attached hydrogen (secondary N) is 1. The van der Waals surface area contributed by atoms with Crippen LogP contribution in [0.15, 0.2) is 55.0 Å². The van der Waals surface area contributed by atoms with Gasteiger partial charge < -0.3 is 10.1 Å². The average molecular weight is 451 g/mol. The predicted octanol–water partition coefficient (Wildman–Crippen LogP) is 6.70. The van der Waals surface area contributed by atoms with Crippen molar-refractivity contribution in [2.24, 2.45) is 0 Å². The molecule has 1 N–H and O–H groups in total. The van der Waals surface area contributed by atoms with Gasteiger partial charge in [0, 0.05) is 39.3 Å². The Kier molecular flexibility index (Phi) is 5.37. The largest absolute Gasteiger partial charge is 0.437 e. The fourth-order valence-corrected chi connectivity index (χ4v) is 4.82. The maximum Gasteiger partial charge on any atom is 0.267 e. The van der Waals surface area contributed by atoms with Gasteiger partial charge in [-0.3, -0.25) is 9.78 Å². The van der Waals surface area contributed by atoms with E-state index in [4.69, 9.17) is 39.5 Å². The number of halogens is 3. The molecular weight excluding hydrogens is 441 g/mol. The summed E-state index contributed by atoms with van der Waals surface area (Å²) < 4.78 is 6.37. The van der Waals surface area contributed by atoms with Gasteiger partial charge in [-0.25, -0.2) is 4.98 Å². The number of nitrogens with zero attached hydrogens (tertiary/aromatic N) is 2. The van der Waals surface area contributed by atoms with Gasteiger partial charge >= 0.3 is 0 Å². The minimum Gasteiger partial charge on any atom is -0.437 e. The van der Waals surface area contributed by atoms with Crippen LogP contribution >= 0.6 is 46.1 Å². The van der Waals surface area contributed by atoms with Crippen molar-refractivity contribution in [1.82, 2.24) is 9.97 Å². The monoisotopic (exact) mass is 449 g/mol. The number of rotatable bonds is 4. The Balaban J connectivity index is 1.59. The summed E-state index contributed by atoms with van der Waals surface area (Å²) in [5, 5.41) is 4.61. The van der Waals surface area contributed by atoms with E-state index in [9.17, 15) is 4.79 Å². The first-order valence-corrected chi connectivity index (χ1v) is 9.88. The summed E-state index contributed by atoms with van der Waals surface area (Å²) in [5.41, 5.74) is 0.545. The van der Waals surface area contributed by atoms with Crippen LogP contribution < -0.4 is 10.1 Å². The number of carbonyl (C=O) groups excluding carboxylic acids is 1. The lowest BCUT2D eigenvalue weighted by atomic mass is 10.2. The van der Waals surface area contributed by atoms with Crippen LogP contribution in [0.25, 0.3) is 10.1 Å². The summed E-state index contributed by atoms with van der Waals surface area (Å²) in [6.07, 6.45) is 4.58. The van der Waals surface area contributed by atoms with E-state index in [2.05, 4.69) is 15.3 Å². The van der Waals surface area contributed by atoms with Gasteiger partial charge in [0.1, 0.15) is 10.6 Å². The van der Waals surface area contributed by atoms with Gasteiger partial charge in [0.2, 0.25) is 5.88 Å². The molecule has 0 aliphatic heterocycles. The topological polar surface area (TPSA) is 64.1 Å². The van der Waals surface area contributed by atoms with Gasteiger partial charge in [-0.05, 0) is 24.3 Å². The van der Waals surface area contributed by atoms with Crippen LogP contribution in [0.1, 0.15) is 9.67 Å². The summed E-state index contributed by atoms with van der Waals surface area (Å²) >= 11 is 19.9. The predicted molar refractivity (Wildman–Crippen MR) is 113 cm³/mol. The molecule has 28 heavy (non-hydrogen) atoms. The Hall–Kier alpha value is -2.38. The van der Waals surface area contributed by atoms with Gasteiger partial charge in [0.25, 0.3) is 5.91 Å². The number of thiophene rings is 1. The normalized spacial score (nSPS) is 10.8. The highest BCUT2D eigenvalue weighted by Crippen LogP contribution is 2.41. The number of amides is 1. The maximum absolute atomic E-state index is 12.7. The third-order valence-electron chi connectivity index (χ3n) is 3.71. The second kappa shape index (κ2) is 7.93. The molecule has 9 heteroatoms. The fourth-order valence-electron chi connectivity index (χ4n) is 2.54. The molecule has 2 aromatic heterocycles. The standard InChI is InChI=1S/C19H10Cl3N3O2S/c20-10-6-13(21)16-14(7-10)28-18(17(16)22)19(26)25-11-2-1-3-12(8-11)27-15-9-23-4-5-24-15/h1-9H,(H,25,26). The molecule has 5 nitrogen and oxygen atoms in total. The van der Waals surface area contributed by atoms with Crippen LogP contribution in [-0.4, -0.2) is 15.9 Å². The highest BCUT2D eigenvalue weighted by Gasteiger charge is 2.20. The zero-order valence-electron chi connectivity index (χ0n) is 13.9. The van der Waals surface area contributed by atoms with Gasteiger partial charge in [-0.15, -0.1) is 11.3 Å². The van der Waals surface area contributed by atoms with Crippen LogP contribution in [0.2, 0.25) is 15.1 Å². The SMILES string of the molecule is O=C(Nc1cccc(Oc2cnccn2)c1)c1sc2cc(Cl)cc(Cl)c2c1Cl. The second-order valence-electron chi connectivity index (χ2n) is 5.63. The Labute approximate surface area is 178 Å². The summed E-state index contributed by atoms with van der Waals surface area (Å²) in [7, 11) is 0. The van der Waals surface area contributed by atoms with Crippen molar-refractivity contribution in [3.63, 3.8) is 0 Å². The second-order valence-corrected chi connectivity index (χ2v) is 7.91. The van der Waals surface area contributed by atoms with Gasteiger partial charge in [-0.1, -0.05) is 40.9 Å². The van der Waals surface area contributed by atoms with E-state index in [0.717, 1.165) is 4.70 Å². The zero-order chi connectivity index (χ0) is 19.7. The molecule has 0 unspecified atom stereocenters. The molecule has 4 rings (SSSR count). The van der Waals surface area contributed by atoms with Crippen molar-refractivity contribution in [3.8, 4) is 11.6 Å². The minimum absolute atomic E-state index is 0.297. The van der Waals surface area contributed by atoms with E-state index >= 15 is 0 Å². The Morgan fingerprint density at radius 2 is 1.96 bits per heavy atom. The third kappa shape index (κ3) is 3.91. The number of hydrogen-bond acceptors (Lipinski definition) is 5. The molecular formula is C19H10Cl3N3O2S. The van der Waals surface area contributed by atoms with Crippen molar-refractivity contribution in [1.29, 1.82) is 0 Å². The first-order valence-electron chi connectivity index (χ1n) is 7.93. The fraction of sp³-hybridized carbons (Fsp3) is 0. The summed E-state index contributed by atoms with van der Waals surface area (Å²) in [6, 6.07) is 10.2. The number of aromatic nitrogens is 2. The molecule has 0 atom stereocenters. The average Bonchev–Trinajstić information content (AvgIpc) is 2.99. The smallest absolute Gasteiger partial charge is 0.267 e. The van der Waals surface area contributed by atoms with E-state index in [-0.39, 0.29) is 5.91 Å². The molecule has 0 fully saturated rings. The van der Waals surface area contributed by atoms with Crippen LogP contribution in [0.4, 0.5) is 5.69 Å². The number of ether oxygens (including phenoxy) is 1. The highest BCUT2D eigenvalue weighted by atomic mass is 35.5. The van der Waals surface area contributed by atoms with E-state index < -0.39 is 0 Å². The zero-order valence-corrected chi connectivity index (χ0v) is 17.0. The molecule has 0 saturated heterocycles. The molecule has 4 aromatic rings. The summed E-state index contributed by atoms with van der Waals surface area (Å²) in [6.45, 7) is 0. The third-order valence-corrected chi connectivity index (χ3v) is 5.85. The molecule has 0 saturated carbocycles. The van der Waals surface area contributed by atoms with E-state index in [1.165, 1.54) is 23.7 Å². The maximum atomic E-state index is 12.7. The number of fused-ring (bicyclic) bond motifs is 1. The lowest BCUT2D eigenvalue weighted by Crippen LogP contribution is -2.10. The van der Waals surface area contributed by atoms with Crippen LogP contribution in [0.3, 0.4) is 0 Å². The number of benzene rings is 2. The molecule has 0 bridgehead atoms. The quantitative estimate of drug-likeness (QED) is 0.376. The first kappa shape index (κ1) is 19.0. The molecule has 0 aliphatic carbocycles. The van der Waals surface area contributed by atoms with E-state index in [1.54, 1.807) is 42.6 Å². The van der Waals surface area contributed by atoms with Crippen molar-refractivity contribution in [3.05, 3.63) is 74.9 Å². The molecule has 2 heterocycles. The van der Waals surface area contributed by atoms with Gasteiger partial charge in [-0.2, -0.15) is 0 Å². The lowest BCUT2D eigenvalue weighted by molar-refractivity contribution is 0.103. The van der Waals surface area contributed by atoms with Crippen LogP contribution in [0.5, 0.6) is 11.6 Å². The minimum atomic E-state index is -0.352. The van der Waals surface area contributed by atoms with Crippen molar-refractivity contribution < 1.29 is 9.53 Å². The molecule has 140 valence electrons. The molecule has 0 radical (unpaired) electrons. The number of hydrogen-bond donors (Lipinski definition) is 1. The molecule has 1 amide bonds. The van der Waals surface area contributed by atoms with Crippen molar-refractivity contribution in [2.45, 2.75) is 0 Å². The Morgan fingerprint density at radius 3 is 2.75 bits per heavy atom. The van der Waals surface area contributed by atoms with E-state index in [1.807, 2.05) is 0 Å². The lowest BCUT2D eigenvalue weighted by Gasteiger charge is -2.07. The van der Waals surface area contributed by atoms with Crippen molar-refractivity contribution in [2.75, 3.05) is 5.32 Å². The Morgan fingerprint density at radius 1 is 1.11 bits per heavy atom. The highest BCUT2D eigenvalue weighted by molar-refractivity contribution is 7.21. The van der Waals surface area contributed by atoms with Gasteiger partial charge in [0.05, 0.1) is 16.2 Å². The molecule has 0 spiro atoms. The van der Waals surface area contributed by atoms with Crippen LogP contribution in [-0.2, 0) is 0 Å². The van der Waals surface area contributed by atoms with Crippen LogP contribution in [0, 0.1) is 0 Å². The first-order chi connectivity index (χ1) is 13.5. The van der Waals surface area contributed by atoms with Crippen molar-refractivity contribution >= 4 is 67.8 Å². The van der Waals surface area contributed by atoms with Gasteiger partial charge in [0.15, 0.2) is 0 Å². The summed E-state index contributed by atoms with van der Waals surface area (Å²) in [5.74, 6) is 0.510.